The van der Waals surface area contributed by atoms with Gasteiger partial charge in [-0.3, -0.25) is 9.59 Å². The number of H-pyrrole nitrogens is 1. The van der Waals surface area contributed by atoms with Crippen molar-refractivity contribution in [3.63, 3.8) is 0 Å². The van der Waals surface area contributed by atoms with E-state index in [4.69, 9.17) is 4.74 Å². The fourth-order valence-corrected chi connectivity index (χ4v) is 1.44. The highest BCUT2D eigenvalue weighted by Crippen LogP contribution is 2.19. The zero-order valence-electron chi connectivity index (χ0n) is 7.53. The second-order valence-electron chi connectivity index (χ2n) is 3.19. The summed E-state index contributed by atoms with van der Waals surface area (Å²) in [5.41, 5.74) is 0.312. The molecule has 5 heteroatoms. The molecule has 0 bridgehead atoms. The van der Waals surface area contributed by atoms with E-state index in [0.717, 1.165) is 0 Å². The summed E-state index contributed by atoms with van der Waals surface area (Å²) in [5, 5.41) is 6.12. The van der Waals surface area contributed by atoms with Crippen LogP contribution in [0.4, 0.5) is 0 Å². The number of carbonyl (C=O) groups is 1. The average molecular weight is 194 g/mol. The molecule has 1 fully saturated rings. The quantitative estimate of drug-likeness (QED) is 0.674. The molecule has 2 rings (SSSR count). The molecule has 2 heterocycles. The number of aromatic amines is 1. The van der Waals surface area contributed by atoms with Crippen molar-refractivity contribution in [2.24, 2.45) is 0 Å². The maximum Gasteiger partial charge on any atom is 0.264 e. The van der Waals surface area contributed by atoms with Crippen LogP contribution in [0.1, 0.15) is 18.0 Å². The molecular formula is C9H10N2O3. The van der Waals surface area contributed by atoms with Crippen LogP contribution in [0.3, 0.4) is 0 Å². The third-order valence-electron chi connectivity index (χ3n) is 2.22. The van der Waals surface area contributed by atoms with Gasteiger partial charge in [-0.15, -0.1) is 0 Å². The molecule has 0 aliphatic carbocycles. The highest BCUT2D eigenvalue weighted by molar-refractivity contribution is 5.86. The summed E-state index contributed by atoms with van der Waals surface area (Å²) in [6.45, 7) is 0.844. The Kier molecular flexibility index (Phi) is 2.41. The molecule has 1 unspecified atom stereocenters. The summed E-state index contributed by atoms with van der Waals surface area (Å²) in [5.74, 6) is -0.198. The predicted molar refractivity (Wildman–Crippen MR) is 48.0 cm³/mol. The molecule has 1 aromatic heterocycles. The predicted octanol–water partition coefficient (Wildman–Crippen LogP) is -0.157. The lowest BCUT2D eigenvalue weighted by Crippen LogP contribution is -2.27. The Bertz CT molecular complexity index is 379. The monoisotopic (exact) mass is 194 g/mol. The number of carbonyl (C=O) groups excluding carboxylic acids is 1. The second-order valence-corrected chi connectivity index (χ2v) is 3.19. The molecule has 1 aliphatic rings. The van der Waals surface area contributed by atoms with Crippen LogP contribution >= 0.6 is 0 Å². The van der Waals surface area contributed by atoms with E-state index in [0.29, 0.717) is 25.3 Å². The molecule has 0 radical (unpaired) electrons. The van der Waals surface area contributed by atoms with E-state index in [1.54, 1.807) is 6.07 Å². The van der Waals surface area contributed by atoms with Crippen molar-refractivity contribution in [2.45, 2.75) is 12.3 Å². The standard InChI is InChI=1S/C9H10N2O3/c12-8-3-4-14-5-6(8)7-1-2-9(13)11-10-7/h1-2,6H,3-5H2,(H,11,13). The van der Waals surface area contributed by atoms with Crippen LogP contribution in [0.25, 0.3) is 0 Å². The summed E-state index contributed by atoms with van der Waals surface area (Å²) in [4.78, 5) is 22.2. The first-order valence-electron chi connectivity index (χ1n) is 4.43. The molecule has 5 nitrogen and oxygen atoms in total. The molecule has 1 atom stereocenters. The largest absolute Gasteiger partial charge is 0.380 e. The Labute approximate surface area is 80.1 Å². The maximum absolute atomic E-state index is 11.5. The highest BCUT2D eigenvalue weighted by Gasteiger charge is 2.25. The highest BCUT2D eigenvalue weighted by atomic mass is 16.5. The van der Waals surface area contributed by atoms with Gasteiger partial charge < -0.3 is 4.74 Å². The van der Waals surface area contributed by atoms with Crippen molar-refractivity contribution < 1.29 is 9.53 Å². The number of hydrogen-bond acceptors (Lipinski definition) is 4. The number of nitrogens with one attached hydrogen (secondary N) is 1. The van der Waals surface area contributed by atoms with Gasteiger partial charge in [-0.25, -0.2) is 5.10 Å². The lowest BCUT2D eigenvalue weighted by atomic mass is 9.97. The Hall–Kier alpha value is -1.49. The summed E-state index contributed by atoms with van der Waals surface area (Å²) in [6.07, 6.45) is 0.422. The molecule has 1 aliphatic heterocycles. The zero-order valence-corrected chi connectivity index (χ0v) is 7.53. The van der Waals surface area contributed by atoms with Gasteiger partial charge in [-0.2, -0.15) is 5.10 Å². The molecule has 74 valence electrons. The lowest BCUT2D eigenvalue weighted by Gasteiger charge is -2.19. The van der Waals surface area contributed by atoms with E-state index >= 15 is 0 Å². The third kappa shape index (κ3) is 1.72. The van der Waals surface area contributed by atoms with Gasteiger partial charge >= 0.3 is 0 Å². The van der Waals surface area contributed by atoms with E-state index < -0.39 is 0 Å². The summed E-state index contributed by atoms with van der Waals surface area (Å²) >= 11 is 0. The van der Waals surface area contributed by atoms with Gasteiger partial charge in [-0.05, 0) is 6.07 Å². The Morgan fingerprint density at radius 3 is 2.93 bits per heavy atom. The number of rotatable bonds is 1. The fourth-order valence-electron chi connectivity index (χ4n) is 1.44. The molecule has 0 aromatic carbocycles. The molecule has 0 spiro atoms. The summed E-state index contributed by atoms with van der Waals surface area (Å²) in [6, 6.07) is 2.93. The van der Waals surface area contributed by atoms with Gasteiger partial charge in [-0.1, -0.05) is 0 Å². The minimum absolute atomic E-state index is 0.121. The van der Waals surface area contributed by atoms with Gasteiger partial charge in [0.05, 0.1) is 24.8 Å². The van der Waals surface area contributed by atoms with Gasteiger partial charge in [0.15, 0.2) is 0 Å². The number of ether oxygens (including phenoxy) is 1. The topological polar surface area (TPSA) is 72.1 Å². The van der Waals surface area contributed by atoms with Gasteiger partial charge in [0, 0.05) is 12.5 Å². The van der Waals surface area contributed by atoms with Crippen LogP contribution in [-0.2, 0) is 9.53 Å². The summed E-state index contributed by atoms with van der Waals surface area (Å²) in [7, 11) is 0. The van der Waals surface area contributed by atoms with Crippen LogP contribution in [0.2, 0.25) is 0 Å². The summed E-state index contributed by atoms with van der Waals surface area (Å²) < 4.78 is 5.18. The van der Waals surface area contributed by atoms with Crippen LogP contribution in [0.15, 0.2) is 16.9 Å². The first-order valence-corrected chi connectivity index (χ1v) is 4.43. The smallest absolute Gasteiger partial charge is 0.264 e. The minimum atomic E-state index is -0.319. The molecule has 0 amide bonds. The lowest BCUT2D eigenvalue weighted by molar-refractivity contribution is -0.126. The van der Waals surface area contributed by atoms with Crippen molar-refractivity contribution >= 4 is 5.78 Å². The van der Waals surface area contributed by atoms with Crippen molar-refractivity contribution in [1.82, 2.24) is 10.2 Å². The van der Waals surface area contributed by atoms with Crippen molar-refractivity contribution in [3.8, 4) is 0 Å². The Morgan fingerprint density at radius 2 is 2.29 bits per heavy atom. The average Bonchev–Trinajstić information content (AvgIpc) is 2.20. The molecule has 1 saturated heterocycles. The second kappa shape index (κ2) is 3.71. The van der Waals surface area contributed by atoms with Crippen LogP contribution in [0, 0.1) is 0 Å². The van der Waals surface area contributed by atoms with E-state index in [9.17, 15) is 9.59 Å². The Balaban J connectivity index is 2.25. The van der Waals surface area contributed by atoms with Gasteiger partial charge in [0.25, 0.3) is 5.56 Å². The Morgan fingerprint density at radius 1 is 1.43 bits per heavy atom. The van der Waals surface area contributed by atoms with Crippen LogP contribution in [-0.4, -0.2) is 29.2 Å². The van der Waals surface area contributed by atoms with Crippen molar-refractivity contribution in [1.29, 1.82) is 0 Å². The number of hydrogen-bond donors (Lipinski definition) is 1. The van der Waals surface area contributed by atoms with E-state index in [1.807, 2.05) is 0 Å². The van der Waals surface area contributed by atoms with Gasteiger partial charge in [0.2, 0.25) is 0 Å². The number of Topliss-reactive ketones (excluding diaryl/α,β-unsaturated/α-hetero) is 1. The molecular weight excluding hydrogens is 184 g/mol. The normalized spacial score (nSPS) is 22.3. The SMILES string of the molecule is O=C1CCOCC1c1ccc(=O)[nH]n1. The van der Waals surface area contributed by atoms with E-state index in [-0.39, 0.29) is 17.3 Å². The van der Waals surface area contributed by atoms with Crippen LogP contribution < -0.4 is 5.56 Å². The number of nitrogens with zero attached hydrogens (tertiary/aromatic N) is 1. The van der Waals surface area contributed by atoms with Crippen molar-refractivity contribution in [2.75, 3.05) is 13.2 Å². The first kappa shape index (κ1) is 9.08. The maximum atomic E-state index is 11.5. The number of ketones is 1. The molecule has 1 N–H and O–H groups in total. The van der Waals surface area contributed by atoms with E-state index in [2.05, 4.69) is 10.2 Å². The molecule has 14 heavy (non-hydrogen) atoms. The zero-order chi connectivity index (χ0) is 9.97. The minimum Gasteiger partial charge on any atom is -0.380 e. The van der Waals surface area contributed by atoms with Gasteiger partial charge in [0.1, 0.15) is 5.78 Å². The van der Waals surface area contributed by atoms with Crippen LogP contribution in [0.5, 0.6) is 0 Å². The third-order valence-corrected chi connectivity index (χ3v) is 2.22. The van der Waals surface area contributed by atoms with Crippen molar-refractivity contribution in [3.05, 3.63) is 28.2 Å². The fraction of sp³-hybridized carbons (Fsp3) is 0.444. The number of aromatic nitrogens is 2. The van der Waals surface area contributed by atoms with E-state index in [1.165, 1.54) is 6.07 Å². The molecule has 0 saturated carbocycles. The first-order chi connectivity index (χ1) is 6.77. The molecule has 1 aromatic rings.